The molecule has 0 bridgehead atoms. The van der Waals surface area contributed by atoms with Gasteiger partial charge in [0.05, 0.1) is 6.61 Å². The molecule has 3 heteroatoms. The van der Waals surface area contributed by atoms with Gasteiger partial charge >= 0.3 is 0 Å². The van der Waals surface area contributed by atoms with E-state index < -0.39 is 0 Å². The molecule has 1 saturated heterocycles. The quantitative estimate of drug-likeness (QED) is 0.886. The Morgan fingerprint density at radius 3 is 2.58 bits per heavy atom. The number of nitrogens with two attached hydrogens (primary N) is 1. The minimum Gasteiger partial charge on any atom is -0.380 e. The van der Waals surface area contributed by atoms with Crippen molar-refractivity contribution in [2.45, 2.75) is 44.8 Å². The van der Waals surface area contributed by atoms with Crippen molar-refractivity contribution in [3.05, 3.63) is 35.4 Å². The second-order valence-electron chi connectivity index (χ2n) is 5.61. The van der Waals surface area contributed by atoms with Crippen molar-refractivity contribution in [3.63, 3.8) is 0 Å². The molecular formula is C16H26N2O. The summed E-state index contributed by atoms with van der Waals surface area (Å²) in [7, 11) is 2.18. The van der Waals surface area contributed by atoms with Gasteiger partial charge in [-0.3, -0.25) is 4.90 Å². The largest absolute Gasteiger partial charge is 0.380 e. The molecule has 19 heavy (non-hydrogen) atoms. The summed E-state index contributed by atoms with van der Waals surface area (Å²) in [6.07, 6.45) is 2.09. The van der Waals surface area contributed by atoms with Crippen LogP contribution in [0.4, 0.5) is 0 Å². The van der Waals surface area contributed by atoms with Crippen molar-refractivity contribution in [2.24, 2.45) is 5.73 Å². The number of nitrogens with zero attached hydrogens (tertiary/aromatic N) is 1. The molecule has 1 aromatic rings. The molecule has 1 aromatic carbocycles. The third kappa shape index (κ3) is 3.35. The molecule has 106 valence electrons. The molecule has 2 N–H and O–H groups in total. The summed E-state index contributed by atoms with van der Waals surface area (Å²) in [5, 5.41) is 0. The van der Waals surface area contributed by atoms with E-state index in [0.29, 0.717) is 6.04 Å². The highest BCUT2D eigenvalue weighted by Crippen LogP contribution is 2.28. The normalized spacial score (nSPS) is 22.7. The molecule has 1 aliphatic heterocycles. The average molecular weight is 262 g/mol. The van der Waals surface area contributed by atoms with E-state index in [0.717, 1.165) is 26.1 Å². The fourth-order valence-corrected chi connectivity index (χ4v) is 2.84. The molecule has 3 unspecified atom stereocenters. The standard InChI is InChI=1S/C16H26N2O/c1-4-15(17)16(13-7-5-12(2)6-8-13)18(3)14-9-10-19-11-14/h5-8,14-16H,4,9-11,17H2,1-3H3. The van der Waals surface area contributed by atoms with Gasteiger partial charge in [-0.15, -0.1) is 0 Å². The van der Waals surface area contributed by atoms with Crippen molar-refractivity contribution in [1.29, 1.82) is 0 Å². The molecule has 3 nitrogen and oxygen atoms in total. The van der Waals surface area contributed by atoms with Crippen molar-refractivity contribution in [3.8, 4) is 0 Å². The molecule has 0 amide bonds. The Labute approximate surface area is 116 Å². The first-order chi connectivity index (χ1) is 9.13. The monoisotopic (exact) mass is 262 g/mol. The Hall–Kier alpha value is -0.900. The van der Waals surface area contributed by atoms with Gasteiger partial charge in [-0.05, 0) is 32.4 Å². The molecule has 3 atom stereocenters. The van der Waals surface area contributed by atoms with Crippen LogP contribution in [0.15, 0.2) is 24.3 Å². The Balaban J connectivity index is 2.21. The third-order valence-electron chi connectivity index (χ3n) is 4.22. The number of benzene rings is 1. The van der Waals surface area contributed by atoms with Gasteiger partial charge in [-0.2, -0.15) is 0 Å². The van der Waals surface area contributed by atoms with Gasteiger partial charge in [-0.25, -0.2) is 0 Å². The Morgan fingerprint density at radius 1 is 1.37 bits per heavy atom. The Morgan fingerprint density at radius 2 is 2.05 bits per heavy atom. The third-order valence-corrected chi connectivity index (χ3v) is 4.22. The summed E-state index contributed by atoms with van der Waals surface area (Å²) in [5.74, 6) is 0. The summed E-state index contributed by atoms with van der Waals surface area (Å²) in [6.45, 7) is 5.98. The molecule has 2 rings (SSSR count). The van der Waals surface area contributed by atoms with Crippen LogP contribution in [0.3, 0.4) is 0 Å². The van der Waals surface area contributed by atoms with Gasteiger partial charge in [-0.1, -0.05) is 36.8 Å². The zero-order chi connectivity index (χ0) is 13.8. The maximum absolute atomic E-state index is 6.37. The van der Waals surface area contributed by atoms with Crippen molar-refractivity contribution >= 4 is 0 Å². The lowest BCUT2D eigenvalue weighted by Gasteiger charge is -2.36. The smallest absolute Gasteiger partial charge is 0.0622 e. The van der Waals surface area contributed by atoms with Gasteiger partial charge in [0.2, 0.25) is 0 Å². The lowest BCUT2D eigenvalue weighted by Crippen LogP contribution is -2.44. The first kappa shape index (κ1) is 14.5. The predicted octanol–water partition coefficient (Wildman–Crippen LogP) is 2.49. The molecular weight excluding hydrogens is 236 g/mol. The average Bonchev–Trinajstić information content (AvgIpc) is 2.95. The highest BCUT2D eigenvalue weighted by Gasteiger charge is 2.30. The first-order valence-electron chi connectivity index (χ1n) is 7.25. The van der Waals surface area contributed by atoms with Crippen molar-refractivity contribution < 1.29 is 4.74 Å². The number of rotatable bonds is 5. The zero-order valence-corrected chi connectivity index (χ0v) is 12.3. The molecule has 1 heterocycles. The van der Waals surface area contributed by atoms with E-state index in [1.165, 1.54) is 11.1 Å². The zero-order valence-electron chi connectivity index (χ0n) is 12.3. The molecule has 1 aliphatic rings. The van der Waals surface area contributed by atoms with Gasteiger partial charge in [0.25, 0.3) is 0 Å². The van der Waals surface area contributed by atoms with Crippen LogP contribution in [0.2, 0.25) is 0 Å². The van der Waals surface area contributed by atoms with Gasteiger partial charge in [0.15, 0.2) is 0 Å². The molecule has 0 spiro atoms. The van der Waals surface area contributed by atoms with E-state index in [1.54, 1.807) is 0 Å². The number of likely N-dealkylation sites (N-methyl/N-ethyl adjacent to an activating group) is 1. The summed E-state index contributed by atoms with van der Waals surface area (Å²) >= 11 is 0. The van der Waals surface area contributed by atoms with Crippen LogP contribution in [0.1, 0.15) is 36.9 Å². The van der Waals surface area contributed by atoms with Crippen LogP contribution in [-0.2, 0) is 4.74 Å². The second kappa shape index (κ2) is 6.51. The first-order valence-corrected chi connectivity index (χ1v) is 7.25. The van der Waals surface area contributed by atoms with Gasteiger partial charge in [0, 0.05) is 24.7 Å². The predicted molar refractivity (Wildman–Crippen MR) is 79.2 cm³/mol. The molecule has 1 fully saturated rings. The minimum absolute atomic E-state index is 0.160. The summed E-state index contributed by atoms with van der Waals surface area (Å²) in [5.41, 5.74) is 8.98. The van der Waals surface area contributed by atoms with Crippen LogP contribution in [-0.4, -0.2) is 37.2 Å². The fraction of sp³-hybridized carbons (Fsp3) is 0.625. The van der Waals surface area contributed by atoms with Gasteiger partial charge in [0.1, 0.15) is 0 Å². The number of aryl methyl sites for hydroxylation is 1. The van der Waals surface area contributed by atoms with E-state index in [1.807, 2.05) is 0 Å². The SMILES string of the molecule is CCC(N)C(c1ccc(C)cc1)N(C)C1CCOC1. The van der Waals surface area contributed by atoms with Gasteiger partial charge < -0.3 is 10.5 Å². The number of hydrogen-bond acceptors (Lipinski definition) is 3. The van der Waals surface area contributed by atoms with E-state index in [-0.39, 0.29) is 12.1 Å². The highest BCUT2D eigenvalue weighted by atomic mass is 16.5. The maximum Gasteiger partial charge on any atom is 0.0622 e. The fourth-order valence-electron chi connectivity index (χ4n) is 2.84. The molecule has 0 saturated carbocycles. The van der Waals surface area contributed by atoms with E-state index >= 15 is 0 Å². The minimum atomic E-state index is 0.160. The number of ether oxygens (including phenoxy) is 1. The molecule has 0 radical (unpaired) electrons. The van der Waals surface area contributed by atoms with Crippen LogP contribution >= 0.6 is 0 Å². The van der Waals surface area contributed by atoms with E-state index in [9.17, 15) is 0 Å². The Bertz CT molecular complexity index is 384. The van der Waals surface area contributed by atoms with Crippen molar-refractivity contribution in [1.82, 2.24) is 4.90 Å². The molecule has 0 aromatic heterocycles. The van der Waals surface area contributed by atoms with Crippen LogP contribution in [0, 0.1) is 6.92 Å². The van der Waals surface area contributed by atoms with Crippen LogP contribution in [0.5, 0.6) is 0 Å². The van der Waals surface area contributed by atoms with E-state index in [2.05, 4.69) is 50.1 Å². The number of hydrogen-bond donors (Lipinski definition) is 1. The van der Waals surface area contributed by atoms with Crippen molar-refractivity contribution in [2.75, 3.05) is 20.3 Å². The summed E-state index contributed by atoms with van der Waals surface area (Å²) < 4.78 is 5.51. The lowest BCUT2D eigenvalue weighted by molar-refractivity contribution is 0.119. The topological polar surface area (TPSA) is 38.5 Å². The van der Waals surface area contributed by atoms with Crippen LogP contribution < -0.4 is 5.73 Å². The highest BCUT2D eigenvalue weighted by molar-refractivity contribution is 5.25. The summed E-state index contributed by atoms with van der Waals surface area (Å²) in [4.78, 5) is 2.41. The van der Waals surface area contributed by atoms with E-state index in [4.69, 9.17) is 10.5 Å². The Kier molecular flexibility index (Phi) is 4.97. The van der Waals surface area contributed by atoms with Crippen LogP contribution in [0.25, 0.3) is 0 Å². The molecule has 0 aliphatic carbocycles. The summed E-state index contributed by atoms with van der Waals surface area (Å²) in [6, 6.07) is 9.69. The maximum atomic E-state index is 6.37. The second-order valence-corrected chi connectivity index (χ2v) is 5.61. The lowest BCUT2D eigenvalue weighted by atomic mass is 9.94.